The van der Waals surface area contributed by atoms with Crippen molar-refractivity contribution in [3.05, 3.63) is 64.1 Å². The highest BCUT2D eigenvalue weighted by molar-refractivity contribution is 6.46. The molecule has 186 valence electrons. The molecule has 0 aliphatic heterocycles. The van der Waals surface area contributed by atoms with Gasteiger partial charge in [0.15, 0.2) is 0 Å². The molecule has 0 aliphatic rings. The Morgan fingerprint density at radius 1 is 0.676 bits per heavy atom. The topological polar surface area (TPSA) is 98.3 Å². The quantitative estimate of drug-likeness (QED) is 0.174. The van der Waals surface area contributed by atoms with Gasteiger partial charge < -0.3 is 5.32 Å². The van der Waals surface area contributed by atoms with E-state index in [2.05, 4.69) is 0 Å². The molecule has 2 aromatic rings. The second-order valence-electron chi connectivity index (χ2n) is 6.09. The van der Waals surface area contributed by atoms with E-state index in [4.69, 9.17) is 34.8 Å². The van der Waals surface area contributed by atoms with Crippen LogP contribution < -0.4 is 5.32 Å². The standard InChI is InChI=1S/C15H3Cl3F9N3O4/c16-8-6(14(22,23)24)9(17)10(18)12(7(8)15(25,26)27)28-11-4(13(19,20)21)1-3(29(31)32)2-5(11)30(33)34/h1-2,28H. The third kappa shape index (κ3) is 5.17. The lowest BCUT2D eigenvalue weighted by Gasteiger charge is -2.23. The number of nitrogens with zero attached hydrogens (tertiary/aromatic N) is 2. The van der Waals surface area contributed by atoms with Gasteiger partial charge in [-0.3, -0.25) is 20.2 Å². The minimum atomic E-state index is -5.80. The molecule has 1 N–H and O–H groups in total. The number of non-ortho nitro benzene ring substituents is 1. The SMILES string of the molecule is O=[N+]([O-])c1cc([N+](=O)[O-])c(Nc2c(Cl)c(Cl)c(C(F)(F)F)c(Cl)c2C(F)(F)F)c(C(F)(F)F)c1. The van der Waals surface area contributed by atoms with Gasteiger partial charge in [-0.1, -0.05) is 34.8 Å². The van der Waals surface area contributed by atoms with Crippen molar-refractivity contribution in [1.82, 2.24) is 0 Å². The van der Waals surface area contributed by atoms with Crippen molar-refractivity contribution < 1.29 is 49.4 Å². The van der Waals surface area contributed by atoms with Gasteiger partial charge in [0.05, 0.1) is 53.4 Å². The van der Waals surface area contributed by atoms with E-state index in [-0.39, 0.29) is 12.1 Å². The molecule has 0 spiro atoms. The largest absolute Gasteiger partial charge is 0.419 e. The molecule has 0 saturated heterocycles. The number of hydrogen-bond donors (Lipinski definition) is 1. The van der Waals surface area contributed by atoms with E-state index in [9.17, 15) is 59.7 Å². The normalized spacial score (nSPS) is 12.6. The number of hydrogen-bond acceptors (Lipinski definition) is 5. The van der Waals surface area contributed by atoms with Crippen LogP contribution in [-0.2, 0) is 18.5 Å². The van der Waals surface area contributed by atoms with E-state index in [1.54, 1.807) is 0 Å². The lowest BCUT2D eigenvalue weighted by molar-refractivity contribution is -0.394. The average molecular weight is 567 g/mol. The van der Waals surface area contributed by atoms with Crippen LogP contribution in [0.3, 0.4) is 0 Å². The smallest absolute Gasteiger partial charge is 0.348 e. The fraction of sp³-hybridized carbons (Fsp3) is 0.200. The number of nitro benzene ring substituents is 2. The molecular formula is C15H3Cl3F9N3O4. The maximum absolute atomic E-state index is 13.6. The van der Waals surface area contributed by atoms with Gasteiger partial charge >= 0.3 is 18.5 Å². The van der Waals surface area contributed by atoms with Crippen LogP contribution in [0.5, 0.6) is 0 Å². The van der Waals surface area contributed by atoms with Crippen molar-refractivity contribution in [3.63, 3.8) is 0 Å². The van der Waals surface area contributed by atoms with Gasteiger partial charge in [-0.25, -0.2) is 0 Å². The molecule has 19 heteroatoms. The van der Waals surface area contributed by atoms with Crippen LogP contribution in [0.4, 0.5) is 62.3 Å². The van der Waals surface area contributed by atoms with Gasteiger partial charge in [-0.2, -0.15) is 39.5 Å². The molecule has 7 nitrogen and oxygen atoms in total. The van der Waals surface area contributed by atoms with Gasteiger partial charge in [-0.05, 0) is 0 Å². The van der Waals surface area contributed by atoms with E-state index in [0.717, 1.165) is 0 Å². The maximum atomic E-state index is 13.6. The third-order valence-electron chi connectivity index (χ3n) is 3.95. The fourth-order valence-electron chi connectivity index (χ4n) is 2.63. The van der Waals surface area contributed by atoms with Gasteiger partial charge in [-0.15, -0.1) is 0 Å². The van der Waals surface area contributed by atoms with Crippen LogP contribution in [-0.4, -0.2) is 9.85 Å². The maximum Gasteiger partial charge on any atom is 0.419 e. The highest BCUT2D eigenvalue weighted by atomic mass is 35.5. The summed E-state index contributed by atoms with van der Waals surface area (Å²) >= 11 is 16.1. The first-order valence-electron chi connectivity index (χ1n) is 7.85. The van der Waals surface area contributed by atoms with E-state index in [0.29, 0.717) is 0 Å². The average Bonchev–Trinajstić information content (AvgIpc) is 2.62. The highest BCUT2D eigenvalue weighted by Gasteiger charge is 2.47. The number of nitro groups is 2. The fourth-order valence-corrected chi connectivity index (χ4v) is 3.62. The summed E-state index contributed by atoms with van der Waals surface area (Å²) in [4.78, 5) is 19.1. The van der Waals surface area contributed by atoms with Crippen LogP contribution >= 0.6 is 34.8 Å². The van der Waals surface area contributed by atoms with Crippen molar-refractivity contribution >= 4 is 57.6 Å². The minimum absolute atomic E-state index is 0.0218. The summed E-state index contributed by atoms with van der Waals surface area (Å²) in [5.74, 6) is 0. The van der Waals surface area contributed by atoms with Crippen molar-refractivity contribution in [2.24, 2.45) is 0 Å². The molecule has 0 heterocycles. The van der Waals surface area contributed by atoms with E-state index >= 15 is 0 Å². The molecule has 0 amide bonds. The summed E-state index contributed by atoms with van der Waals surface area (Å²) in [5.41, 5.74) is -13.7. The highest BCUT2D eigenvalue weighted by Crippen LogP contribution is 2.54. The molecule has 0 radical (unpaired) electrons. The van der Waals surface area contributed by atoms with Gasteiger partial charge in [0, 0.05) is 6.07 Å². The van der Waals surface area contributed by atoms with Crippen LogP contribution in [0.1, 0.15) is 16.7 Å². The summed E-state index contributed by atoms with van der Waals surface area (Å²) in [6.07, 6.45) is -17.0. The molecule has 0 aliphatic carbocycles. The van der Waals surface area contributed by atoms with Crippen molar-refractivity contribution in [1.29, 1.82) is 0 Å². The molecule has 0 unspecified atom stereocenters. The van der Waals surface area contributed by atoms with Gasteiger partial charge in [0.25, 0.3) is 11.4 Å². The number of anilines is 2. The molecule has 34 heavy (non-hydrogen) atoms. The van der Waals surface area contributed by atoms with E-state index < -0.39 is 82.9 Å². The summed E-state index contributed by atoms with van der Waals surface area (Å²) in [6.45, 7) is 0. The molecule has 0 bridgehead atoms. The third-order valence-corrected chi connectivity index (χ3v) is 5.18. The summed E-state index contributed by atoms with van der Waals surface area (Å²) < 4.78 is 121. The lowest BCUT2D eigenvalue weighted by Crippen LogP contribution is -2.18. The van der Waals surface area contributed by atoms with Crippen molar-refractivity contribution in [2.75, 3.05) is 5.32 Å². The molecule has 2 rings (SSSR count). The molecular weight excluding hydrogens is 564 g/mol. The first-order valence-corrected chi connectivity index (χ1v) is 8.98. The Morgan fingerprint density at radius 2 is 1.18 bits per heavy atom. The number of halogens is 12. The molecule has 0 fully saturated rings. The van der Waals surface area contributed by atoms with Crippen molar-refractivity contribution in [2.45, 2.75) is 18.5 Å². The van der Waals surface area contributed by atoms with Gasteiger partial charge in [0.1, 0.15) is 5.69 Å². The number of alkyl halides is 9. The monoisotopic (exact) mass is 565 g/mol. The van der Waals surface area contributed by atoms with Crippen LogP contribution in [0.25, 0.3) is 0 Å². The lowest BCUT2D eigenvalue weighted by atomic mass is 10.0. The molecule has 0 saturated carbocycles. The van der Waals surface area contributed by atoms with Crippen LogP contribution in [0.2, 0.25) is 15.1 Å². The van der Waals surface area contributed by atoms with Gasteiger partial charge in [0.2, 0.25) is 0 Å². The predicted molar refractivity (Wildman–Crippen MR) is 99.5 cm³/mol. The number of rotatable bonds is 4. The Balaban J connectivity index is 3.05. The van der Waals surface area contributed by atoms with E-state index in [1.807, 2.05) is 0 Å². The Morgan fingerprint density at radius 3 is 1.56 bits per heavy atom. The summed E-state index contributed by atoms with van der Waals surface area (Å²) in [5, 5.41) is 18.1. The predicted octanol–water partition coefficient (Wildman–Crippen LogP) is 8.26. The first-order chi connectivity index (χ1) is 15.2. The molecule has 0 atom stereocenters. The van der Waals surface area contributed by atoms with E-state index in [1.165, 1.54) is 5.32 Å². The number of benzene rings is 2. The van der Waals surface area contributed by atoms with Crippen LogP contribution in [0.15, 0.2) is 12.1 Å². The second kappa shape index (κ2) is 8.81. The Bertz CT molecular complexity index is 1200. The minimum Gasteiger partial charge on any atom is -0.348 e. The Kier molecular flexibility index (Phi) is 7.13. The Hall–Kier alpha value is -2.72. The van der Waals surface area contributed by atoms with Crippen molar-refractivity contribution in [3.8, 4) is 0 Å². The number of nitrogens with one attached hydrogen (secondary N) is 1. The van der Waals surface area contributed by atoms with Crippen LogP contribution in [0, 0.1) is 20.2 Å². The summed E-state index contributed by atoms with van der Waals surface area (Å²) in [6, 6.07) is -0.268. The Labute approximate surface area is 195 Å². The molecule has 2 aromatic carbocycles. The zero-order valence-electron chi connectivity index (χ0n) is 15.2. The molecule has 0 aromatic heterocycles. The second-order valence-corrected chi connectivity index (χ2v) is 7.22. The summed E-state index contributed by atoms with van der Waals surface area (Å²) in [7, 11) is 0. The first kappa shape index (κ1) is 27.5. The zero-order valence-corrected chi connectivity index (χ0v) is 17.5. The zero-order chi connectivity index (χ0) is 26.5.